The zero-order chi connectivity index (χ0) is 12.9. The molecule has 0 aromatic rings. The summed E-state index contributed by atoms with van der Waals surface area (Å²) in [6.45, 7) is 8.29. The number of halogens is 1. The van der Waals surface area contributed by atoms with Crippen molar-refractivity contribution >= 4 is 18.3 Å². The predicted molar refractivity (Wildman–Crippen MR) is 78.8 cm³/mol. The Hall–Kier alpha value is -0.280. The maximum Gasteiger partial charge on any atom is 0.221 e. The second-order valence-corrected chi connectivity index (χ2v) is 6.43. The average Bonchev–Trinajstić information content (AvgIpc) is 2.26. The van der Waals surface area contributed by atoms with Gasteiger partial charge in [-0.15, -0.1) is 12.4 Å². The number of nitrogens with one attached hydrogen (secondary N) is 1. The highest BCUT2D eigenvalue weighted by Gasteiger charge is 2.29. The molecule has 0 aliphatic heterocycles. The molecule has 4 heteroatoms. The lowest BCUT2D eigenvalue weighted by atomic mass is 9.70. The summed E-state index contributed by atoms with van der Waals surface area (Å²) in [4.78, 5) is 11.3. The van der Waals surface area contributed by atoms with Crippen LogP contribution in [0, 0.1) is 17.3 Å². The molecule has 18 heavy (non-hydrogen) atoms. The summed E-state index contributed by atoms with van der Waals surface area (Å²) in [7, 11) is 0. The molecule has 3 N–H and O–H groups in total. The number of carbonyl (C=O) groups is 1. The monoisotopic (exact) mass is 276 g/mol. The van der Waals surface area contributed by atoms with Crippen molar-refractivity contribution in [2.24, 2.45) is 23.0 Å². The summed E-state index contributed by atoms with van der Waals surface area (Å²) in [6, 6.07) is 0. The topological polar surface area (TPSA) is 55.1 Å². The lowest BCUT2D eigenvalue weighted by molar-refractivity contribution is -0.121. The third kappa shape index (κ3) is 6.05. The lowest BCUT2D eigenvalue weighted by Gasteiger charge is -2.37. The van der Waals surface area contributed by atoms with Gasteiger partial charge in [-0.25, -0.2) is 0 Å². The molecule has 0 atom stereocenters. The maximum absolute atomic E-state index is 11.3. The minimum absolute atomic E-state index is 0. The quantitative estimate of drug-likeness (QED) is 0.830. The minimum Gasteiger partial charge on any atom is -0.356 e. The molecule has 108 valence electrons. The van der Waals surface area contributed by atoms with E-state index in [1.807, 2.05) is 0 Å². The Morgan fingerprint density at radius 1 is 1.22 bits per heavy atom. The van der Waals surface area contributed by atoms with Crippen molar-refractivity contribution in [1.29, 1.82) is 0 Å². The third-order valence-corrected chi connectivity index (χ3v) is 4.03. The van der Waals surface area contributed by atoms with Gasteiger partial charge in [-0.3, -0.25) is 4.79 Å². The van der Waals surface area contributed by atoms with Gasteiger partial charge in [0.15, 0.2) is 0 Å². The van der Waals surface area contributed by atoms with Crippen LogP contribution in [0.2, 0.25) is 0 Å². The van der Waals surface area contributed by atoms with Gasteiger partial charge in [-0.1, -0.05) is 20.8 Å². The van der Waals surface area contributed by atoms with Gasteiger partial charge in [-0.05, 0) is 42.9 Å². The molecule has 3 nitrogen and oxygen atoms in total. The summed E-state index contributed by atoms with van der Waals surface area (Å²) < 4.78 is 0. The van der Waals surface area contributed by atoms with Crippen LogP contribution >= 0.6 is 12.4 Å². The number of amides is 1. The zero-order valence-electron chi connectivity index (χ0n) is 12.0. The highest BCUT2D eigenvalue weighted by molar-refractivity contribution is 5.85. The van der Waals surface area contributed by atoms with Crippen molar-refractivity contribution < 1.29 is 4.79 Å². The molecular weight excluding hydrogens is 248 g/mol. The van der Waals surface area contributed by atoms with E-state index >= 15 is 0 Å². The van der Waals surface area contributed by atoms with Crippen LogP contribution in [0.3, 0.4) is 0 Å². The van der Waals surface area contributed by atoms with Crippen molar-refractivity contribution in [3.8, 4) is 0 Å². The van der Waals surface area contributed by atoms with Gasteiger partial charge >= 0.3 is 0 Å². The fraction of sp³-hybridized carbons (Fsp3) is 0.929. The summed E-state index contributed by atoms with van der Waals surface area (Å²) in [5.41, 5.74) is 5.78. The van der Waals surface area contributed by atoms with E-state index in [4.69, 9.17) is 5.73 Å². The molecule has 0 radical (unpaired) electrons. The van der Waals surface area contributed by atoms with E-state index in [-0.39, 0.29) is 18.3 Å². The SMILES string of the molecule is CC(C)(C)C1CCC(CNC(=O)CCN)CC1.Cl. The molecule has 1 aliphatic carbocycles. The Labute approximate surface area is 118 Å². The van der Waals surface area contributed by atoms with Crippen molar-refractivity contribution in [3.63, 3.8) is 0 Å². The van der Waals surface area contributed by atoms with Crippen LogP contribution in [0.15, 0.2) is 0 Å². The molecular formula is C14H29ClN2O. The standard InChI is InChI=1S/C14H28N2O.ClH/c1-14(2,3)12-6-4-11(5-7-12)10-16-13(17)8-9-15;/h11-12H,4-10,15H2,1-3H3,(H,16,17);1H. The first-order valence-corrected chi connectivity index (χ1v) is 6.90. The van der Waals surface area contributed by atoms with Gasteiger partial charge in [-0.2, -0.15) is 0 Å². The molecule has 1 amide bonds. The Balaban J connectivity index is 0.00000289. The summed E-state index contributed by atoms with van der Waals surface area (Å²) >= 11 is 0. The van der Waals surface area contributed by atoms with Gasteiger partial charge in [0.05, 0.1) is 0 Å². The number of carbonyl (C=O) groups excluding carboxylic acids is 1. The molecule has 1 saturated carbocycles. The smallest absolute Gasteiger partial charge is 0.221 e. The van der Waals surface area contributed by atoms with Crippen LogP contribution < -0.4 is 11.1 Å². The highest BCUT2D eigenvalue weighted by Crippen LogP contribution is 2.39. The summed E-state index contributed by atoms with van der Waals surface area (Å²) in [6.07, 6.45) is 5.58. The van der Waals surface area contributed by atoms with Crippen molar-refractivity contribution in [1.82, 2.24) is 5.32 Å². The Morgan fingerprint density at radius 2 is 1.78 bits per heavy atom. The van der Waals surface area contributed by atoms with E-state index in [9.17, 15) is 4.79 Å². The molecule has 0 bridgehead atoms. The van der Waals surface area contributed by atoms with E-state index in [0.29, 0.717) is 24.3 Å². The number of hydrogen-bond donors (Lipinski definition) is 2. The van der Waals surface area contributed by atoms with Gasteiger partial charge < -0.3 is 11.1 Å². The second kappa shape index (κ2) is 8.00. The van der Waals surface area contributed by atoms with Gasteiger partial charge in [0.2, 0.25) is 5.91 Å². The van der Waals surface area contributed by atoms with E-state index in [1.165, 1.54) is 25.7 Å². The van der Waals surface area contributed by atoms with Crippen LogP contribution in [0.4, 0.5) is 0 Å². The largest absolute Gasteiger partial charge is 0.356 e. The first-order chi connectivity index (χ1) is 7.93. The molecule has 0 unspecified atom stereocenters. The molecule has 0 spiro atoms. The van der Waals surface area contributed by atoms with Gasteiger partial charge in [0.25, 0.3) is 0 Å². The maximum atomic E-state index is 11.3. The van der Waals surface area contributed by atoms with Crippen molar-refractivity contribution in [3.05, 3.63) is 0 Å². The summed E-state index contributed by atoms with van der Waals surface area (Å²) in [5.74, 6) is 1.62. The molecule has 0 heterocycles. The van der Waals surface area contributed by atoms with Gasteiger partial charge in [0, 0.05) is 19.5 Å². The average molecular weight is 277 g/mol. The van der Waals surface area contributed by atoms with Crippen LogP contribution in [0.5, 0.6) is 0 Å². The van der Waals surface area contributed by atoms with Crippen LogP contribution in [-0.4, -0.2) is 19.0 Å². The molecule has 1 fully saturated rings. The van der Waals surface area contributed by atoms with E-state index in [0.717, 1.165) is 12.5 Å². The Bertz CT molecular complexity index is 243. The van der Waals surface area contributed by atoms with Crippen LogP contribution in [0.25, 0.3) is 0 Å². The van der Waals surface area contributed by atoms with E-state index < -0.39 is 0 Å². The fourth-order valence-corrected chi connectivity index (χ4v) is 2.71. The van der Waals surface area contributed by atoms with Crippen molar-refractivity contribution in [2.45, 2.75) is 52.9 Å². The third-order valence-electron chi connectivity index (χ3n) is 4.03. The fourth-order valence-electron chi connectivity index (χ4n) is 2.71. The molecule has 0 saturated heterocycles. The van der Waals surface area contributed by atoms with Crippen LogP contribution in [-0.2, 0) is 4.79 Å². The summed E-state index contributed by atoms with van der Waals surface area (Å²) in [5, 5.41) is 2.99. The minimum atomic E-state index is 0. The zero-order valence-corrected chi connectivity index (χ0v) is 12.8. The first-order valence-electron chi connectivity index (χ1n) is 6.90. The highest BCUT2D eigenvalue weighted by atomic mass is 35.5. The number of nitrogens with two attached hydrogens (primary N) is 1. The van der Waals surface area contributed by atoms with Crippen LogP contribution in [0.1, 0.15) is 52.9 Å². The second-order valence-electron chi connectivity index (χ2n) is 6.43. The molecule has 0 aromatic carbocycles. The Morgan fingerprint density at radius 3 is 2.22 bits per heavy atom. The molecule has 1 aliphatic rings. The van der Waals surface area contributed by atoms with E-state index in [2.05, 4.69) is 26.1 Å². The van der Waals surface area contributed by atoms with E-state index in [1.54, 1.807) is 0 Å². The number of rotatable bonds is 4. The predicted octanol–water partition coefficient (Wildman–Crippen LogP) is 2.73. The molecule has 1 rings (SSSR count). The van der Waals surface area contributed by atoms with Crippen molar-refractivity contribution in [2.75, 3.05) is 13.1 Å². The lowest BCUT2D eigenvalue weighted by Crippen LogP contribution is -2.34. The van der Waals surface area contributed by atoms with Gasteiger partial charge in [0.1, 0.15) is 0 Å². The normalized spacial score (nSPS) is 24.2. The number of hydrogen-bond acceptors (Lipinski definition) is 2. The Kier molecular flexibility index (Phi) is 7.88. The molecule has 0 aromatic heterocycles. The first kappa shape index (κ1) is 17.7.